The Labute approximate surface area is 132 Å². The quantitative estimate of drug-likeness (QED) is 0.897. The van der Waals surface area contributed by atoms with E-state index in [-0.39, 0.29) is 11.4 Å². The van der Waals surface area contributed by atoms with Crippen LogP contribution < -0.4 is 5.32 Å². The number of hydrogen-bond donors (Lipinski definition) is 2. The first kappa shape index (κ1) is 15.5. The molecule has 1 aromatic heterocycles. The van der Waals surface area contributed by atoms with Gasteiger partial charge in [-0.3, -0.25) is 9.89 Å². The van der Waals surface area contributed by atoms with Crippen LogP contribution in [0.25, 0.3) is 0 Å². The second-order valence-corrected chi connectivity index (χ2v) is 7.41. The number of H-pyrrole nitrogens is 1. The van der Waals surface area contributed by atoms with Crippen molar-refractivity contribution in [2.75, 3.05) is 19.6 Å². The van der Waals surface area contributed by atoms with E-state index in [1.165, 1.54) is 25.7 Å². The zero-order valence-corrected chi connectivity index (χ0v) is 13.9. The van der Waals surface area contributed by atoms with Crippen LogP contribution in [0.4, 0.5) is 0 Å². The average Bonchev–Trinajstić information content (AvgIpc) is 2.96. The van der Waals surface area contributed by atoms with Crippen LogP contribution in [0.3, 0.4) is 0 Å². The molecule has 2 aliphatic rings. The lowest BCUT2D eigenvalue weighted by Gasteiger charge is -2.32. The van der Waals surface area contributed by atoms with Gasteiger partial charge in [-0.2, -0.15) is 5.10 Å². The summed E-state index contributed by atoms with van der Waals surface area (Å²) < 4.78 is 0. The van der Waals surface area contributed by atoms with Crippen molar-refractivity contribution >= 4 is 5.91 Å². The lowest BCUT2D eigenvalue weighted by molar-refractivity contribution is 0.0881. The maximum absolute atomic E-state index is 12.6. The highest BCUT2D eigenvalue weighted by Gasteiger charge is 2.29. The summed E-state index contributed by atoms with van der Waals surface area (Å²) in [6, 6.07) is 0. The fourth-order valence-electron chi connectivity index (χ4n) is 3.77. The summed E-state index contributed by atoms with van der Waals surface area (Å²) in [6.07, 6.45) is 8.34. The molecule has 0 aromatic carbocycles. The van der Waals surface area contributed by atoms with Crippen molar-refractivity contribution in [3.63, 3.8) is 0 Å². The summed E-state index contributed by atoms with van der Waals surface area (Å²) in [5.41, 5.74) is 2.65. The van der Waals surface area contributed by atoms with Crippen molar-refractivity contribution in [3.8, 4) is 0 Å². The number of likely N-dealkylation sites (tertiary alicyclic amines) is 1. The molecule has 1 aliphatic carbocycles. The molecule has 1 amide bonds. The molecule has 1 saturated heterocycles. The molecule has 0 atom stereocenters. The van der Waals surface area contributed by atoms with Crippen LogP contribution in [0.5, 0.6) is 0 Å². The SMILES string of the molecule is CC(C)(CN1CCCCCC1)NC(=O)c1n[nH]c2c1CCC2. The number of rotatable bonds is 4. The van der Waals surface area contributed by atoms with Crippen LogP contribution in [0.15, 0.2) is 0 Å². The summed E-state index contributed by atoms with van der Waals surface area (Å²) in [5, 5.41) is 10.4. The standard InChI is InChI=1S/C17H28N4O/c1-17(2,12-21-10-5-3-4-6-11-21)18-16(22)15-13-8-7-9-14(13)19-20-15/h3-12H2,1-2H3,(H,18,22)(H,19,20). The van der Waals surface area contributed by atoms with Gasteiger partial charge in [0.05, 0.1) is 0 Å². The second-order valence-electron chi connectivity index (χ2n) is 7.41. The maximum atomic E-state index is 12.6. The minimum atomic E-state index is -0.230. The van der Waals surface area contributed by atoms with Crippen molar-refractivity contribution in [1.29, 1.82) is 0 Å². The number of amides is 1. The highest BCUT2D eigenvalue weighted by Crippen LogP contribution is 2.23. The topological polar surface area (TPSA) is 61.0 Å². The Morgan fingerprint density at radius 1 is 1.18 bits per heavy atom. The summed E-state index contributed by atoms with van der Waals surface area (Å²) in [5.74, 6) is -0.0285. The van der Waals surface area contributed by atoms with E-state index in [0.717, 1.165) is 50.2 Å². The first-order valence-corrected chi connectivity index (χ1v) is 8.66. The van der Waals surface area contributed by atoms with Gasteiger partial charge in [-0.15, -0.1) is 0 Å². The molecule has 5 heteroatoms. The van der Waals surface area contributed by atoms with Gasteiger partial charge in [0.2, 0.25) is 0 Å². The lowest BCUT2D eigenvalue weighted by atomic mass is 10.0. The molecule has 1 aliphatic heterocycles. The van der Waals surface area contributed by atoms with Gasteiger partial charge in [-0.05, 0) is 59.0 Å². The monoisotopic (exact) mass is 304 g/mol. The first-order chi connectivity index (χ1) is 10.6. The van der Waals surface area contributed by atoms with Gasteiger partial charge >= 0.3 is 0 Å². The highest BCUT2D eigenvalue weighted by molar-refractivity contribution is 5.94. The zero-order valence-electron chi connectivity index (χ0n) is 13.9. The third kappa shape index (κ3) is 3.51. The van der Waals surface area contributed by atoms with Gasteiger partial charge in [0.1, 0.15) is 0 Å². The van der Waals surface area contributed by atoms with E-state index >= 15 is 0 Å². The summed E-state index contributed by atoms with van der Waals surface area (Å²) in [7, 11) is 0. The Hall–Kier alpha value is -1.36. The molecule has 0 radical (unpaired) electrons. The van der Waals surface area contributed by atoms with Gasteiger partial charge in [-0.25, -0.2) is 0 Å². The fraction of sp³-hybridized carbons (Fsp3) is 0.765. The summed E-state index contributed by atoms with van der Waals surface area (Å²) in [6.45, 7) is 7.44. The number of aromatic amines is 1. The van der Waals surface area contributed by atoms with Crippen LogP contribution in [0, 0.1) is 0 Å². The van der Waals surface area contributed by atoms with Crippen molar-refractivity contribution in [3.05, 3.63) is 17.0 Å². The van der Waals surface area contributed by atoms with E-state index < -0.39 is 0 Å². The number of carbonyl (C=O) groups is 1. The molecule has 2 heterocycles. The van der Waals surface area contributed by atoms with Crippen molar-refractivity contribution in [2.24, 2.45) is 0 Å². The summed E-state index contributed by atoms with van der Waals surface area (Å²) >= 11 is 0. The molecule has 0 spiro atoms. The number of aryl methyl sites for hydroxylation is 1. The second kappa shape index (κ2) is 6.41. The first-order valence-electron chi connectivity index (χ1n) is 8.66. The fourth-order valence-corrected chi connectivity index (χ4v) is 3.77. The molecule has 22 heavy (non-hydrogen) atoms. The normalized spacial score (nSPS) is 19.7. The molecule has 5 nitrogen and oxygen atoms in total. The Bertz CT molecular complexity index is 527. The predicted molar refractivity (Wildman–Crippen MR) is 87.1 cm³/mol. The largest absolute Gasteiger partial charge is 0.344 e. The van der Waals surface area contributed by atoms with E-state index in [2.05, 4.69) is 34.3 Å². The van der Waals surface area contributed by atoms with Gasteiger partial charge in [0, 0.05) is 23.3 Å². The number of nitrogens with one attached hydrogen (secondary N) is 2. The number of fused-ring (bicyclic) bond motifs is 1. The average molecular weight is 304 g/mol. The number of hydrogen-bond acceptors (Lipinski definition) is 3. The van der Waals surface area contributed by atoms with Crippen molar-refractivity contribution in [2.45, 2.75) is 64.3 Å². The predicted octanol–water partition coefficient (Wildman–Crippen LogP) is 2.28. The molecule has 3 rings (SSSR count). The minimum Gasteiger partial charge on any atom is -0.344 e. The smallest absolute Gasteiger partial charge is 0.272 e. The Kier molecular flexibility index (Phi) is 4.52. The molecule has 122 valence electrons. The Morgan fingerprint density at radius 3 is 2.64 bits per heavy atom. The lowest BCUT2D eigenvalue weighted by Crippen LogP contribution is -2.51. The van der Waals surface area contributed by atoms with E-state index in [9.17, 15) is 4.79 Å². The van der Waals surface area contributed by atoms with Crippen LogP contribution in [-0.4, -0.2) is 46.2 Å². The molecular formula is C17H28N4O. The zero-order chi connectivity index (χ0) is 15.6. The highest BCUT2D eigenvalue weighted by atomic mass is 16.2. The van der Waals surface area contributed by atoms with Crippen LogP contribution in [-0.2, 0) is 12.8 Å². The minimum absolute atomic E-state index is 0.0285. The molecule has 1 fully saturated rings. The van der Waals surface area contributed by atoms with Crippen LogP contribution >= 0.6 is 0 Å². The Morgan fingerprint density at radius 2 is 1.91 bits per heavy atom. The van der Waals surface area contributed by atoms with E-state index in [1.807, 2.05) is 0 Å². The number of nitrogens with zero attached hydrogens (tertiary/aromatic N) is 2. The van der Waals surface area contributed by atoms with Crippen LogP contribution in [0.2, 0.25) is 0 Å². The number of carbonyl (C=O) groups excluding carboxylic acids is 1. The molecule has 1 aromatic rings. The Balaban J connectivity index is 1.61. The van der Waals surface area contributed by atoms with E-state index in [0.29, 0.717) is 5.69 Å². The van der Waals surface area contributed by atoms with Crippen LogP contribution in [0.1, 0.15) is 67.7 Å². The molecular weight excluding hydrogens is 276 g/mol. The molecule has 0 unspecified atom stereocenters. The van der Waals surface area contributed by atoms with Gasteiger partial charge in [0.25, 0.3) is 5.91 Å². The van der Waals surface area contributed by atoms with Gasteiger partial charge in [0.15, 0.2) is 5.69 Å². The van der Waals surface area contributed by atoms with Crippen molar-refractivity contribution < 1.29 is 4.79 Å². The maximum Gasteiger partial charge on any atom is 0.272 e. The van der Waals surface area contributed by atoms with Gasteiger partial charge in [-0.1, -0.05) is 12.8 Å². The van der Waals surface area contributed by atoms with E-state index in [1.54, 1.807) is 0 Å². The van der Waals surface area contributed by atoms with Crippen molar-refractivity contribution in [1.82, 2.24) is 20.4 Å². The van der Waals surface area contributed by atoms with Gasteiger partial charge < -0.3 is 10.2 Å². The molecule has 0 bridgehead atoms. The molecule has 2 N–H and O–H groups in total. The third-order valence-electron chi connectivity index (χ3n) is 4.79. The summed E-state index contributed by atoms with van der Waals surface area (Å²) in [4.78, 5) is 15.1. The van der Waals surface area contributed by atoms with E-state index in [4.69, 9.17) is 0 Å². The molecule has 0 saturated carbocycles. The number of aromatic nitrogens is 2. The third-order valence-corrected chi connectivity index (χ3v) is 4.79.